The topological polar surface area (TPSA) is 57.5 Å². The Morgan fingerprint density at radius 3 is 2.77 bits per heavy atom. The second-order valence-electron chi connectivity index (χ2n) is 6.40. The molecule has 1 aromatic heterocycles. The molecule has 1 aromatic carbocycles. The van der Waals surface area contributed by atoms with E-state index in [2.05, 4.69) is 0 Å². The predicted molar refractivity (Wildman–Crippen MR) is 95.6 cm³/mol. The normalized spacial score (nSPS) is 15.0. The Bertz CT molecular complexity index is 840. The molecule has 3 rings (SSSR count). The van der Waals surface area contributed by atoms with Gasteiger partial charge in [0.2, 0.25) is 5.43 Å². The lowest BCUT2D eigenvalue weighted by molar-refractivity contribution is 0.0520. The van der Waals surface area contributed by atoms with Crippen LogP contribution < -0.4 is 5.43 Å². The van der Waals surface area contributed by atoms with Gasteiger partial charge in [-0.2, -0.15) is 0 Å². The molecule has 138 valence electrons. The summed E-state index contributed by atoms with van der Waals surface area (Å²) in [5.41, 5.74) is 0.266. The lowest BCUT2D eigenvalue weighted by Gasteiger charge is -2.23. The molecule has 0 unspecified atom stereocenters. The highest BCUT2D eigenvalue weighted by molar-refractivity contribution is 5.90. The fourth-order valence-corrected chi connectivity index (χ4v) is 3.18. The van der Waals surface area contributed by atoms with Crippen molar-refractivity contribution in [2.24, 2.45) is 5.92 Å². The van der Waals surface area contributed by atoms with Crippen LogP contribution in [0.4, 0.5) is 4.39 Å². The average Bonchev–Trinajstić information content (AvgIpc) is 2.64. The summed E-state index contributed by atoms with van der Waals surface area (Å²) in [5, 5.41) is 0. The minimum absolute atomic E-state index is 0.0272. The van der Waals surface area contributed by atoms with Crippen molar-refractivity contribution in [2.75, 3.05) is 19.8 Å². The number of aromatic nitrogens is 1. The van der Waals surface area contributed by atoms with E-state index in [0.29, 0.717) is 36.8 Å². The standard InChI is InChI=1S/C20H22FNO4/c1-2-26-20(24)18-13-22(11-14-6-8-25-9-7-14)12-17(19(18)23)15-4-3-5-16(21)10-15/h3-5,10,12-14H,2,6-9,11H2,1H3. The highest BCUT2D eigenvalue weighted by Gasteiger charge is 2.20. The molecule has 0 spiro atoms. The summed E-state index contributed by atoms with van der Waals surface area (Å²) in [4.78, 5) is 25.0. The molecule has 0 N–H and O–H groups in total. The van der Waals surface area contributed by atoms with Gasteiger partial charge in [-0.25, -0.2) is 9.18 Å². The minimum atomic E-state index is -0.656. The Morgan fingerprint density at radius 2 is 2.08 bits per heavy atom. The molecule has 0 aliphatic carbocycles. The largest absolute Gasteiger partial charge is 0.462 e. The van der Waals surface area contributed by atoms with Crippen molar-refractivity contribution < 1.29 is 18.7 Å². The molecular formula is C20H22FNO4. The van der Waals surface area contributed by atoms with Crippen molar-refractivity contribution >= 4 is 5.97 Å². The lowest BCUT2D eigenvalue weighted by atomic mass is 9.99. The van der Waals surface area contributed by atoms with E-state index >= 15 is 0 Å². The zero-order chi connectivity index (χ0) is 18.5. The molecule has 0 radical (unpaired) electrons. The number of carbonyl (C=O) groups excluding carboxylic acids is 1. The molecule has 0 amide bonds. The minimum Gasteiger partial charge on any atom is -0.462 e. The second kappa shape index (κ2) is 8.27. The number of carbonyl (C=O) groups is 1. The number of esters is 1. The van der Waals surface area contributed by atoms with Gasteiger partial charge < -0.3 is 14.0 Å². The van der Waals surface area contributed by atoms with Crippen LogP contribution in [-0.2, 0) is 16.0 Å². The quantitative estimate of drug-likeness (QED) is 0.769. The first kappa shape index (κ1) is 18.3. The molecular weight excluding hydrogens is 337 g/mol. The van der Waals surface area contributed by atoms with Crippen LogP contribution in [0.25, 0.3) is 11.1 Å². The Balaban J connectivity index is 2.03. The Kier molecular flexibility index (Phi) is 5.83. The van der Waals surface area contributed by atoms with Gasteiger partial charge in [-0.3, -0.25) is 4.79 Å². The van der Waals surface area contributed by atoms with Crippen molar-refractivity contribution in [1.29, 1.82) is 0 Å². The van der Waals surface area contributed by atoms with Crippen LogP contribution in [0, 0.1) is 11.7 Å². The molecule has 0 saturated carbocycles. The zero-order valence-electron chi connectivity index (χ0n) is 14.7. The Hall–Kier alpha value is -2.47. The van der Waals surface area contributed by atoms with Gasteiger partial charge in [0.1, 0.15) is 11.4 Å². The van der Waals surface area contributed by atoms with Crippen LogP contribution in [0.1, 0.15) is 30.1 Å². The molecule has 1 saturated heterocycles. The number of nitrogens with zero attached hydrogens (tertiary/aromatic N) is 1. The van der Waals surface area contributed by atoms with E-state index in [4.69, 9.17) is 9.47 Å². The number of ether oxygens (including phenoxy) is 2. The molecule has 0 atom stereocenters. The van der Waals surface area contributed by atoms with Gasteiger partial charge in [-0.15, -0.1) is 0 Å². The van der Waals surface area contributed by atoms with Gasteiger partial charge >= 0.3 is 5.97 Å². The van der Waals surface area contributed by atoms with Crippen LogP contribution in [0.15, 0.2) is 41.5 Å². The number of hydrogen-bond donors (Lipinski definition) is 0. The smallest absolute Gasteiger partial charge is 0.343 e. The lowest BCUT2D eigenvalue weighted by Crippen LogP contribution is -2.25. The summed E-state index contributed by atoms with van der Waals surface area (Å²) >= 11 is 0. The van der Waals surface area contributed by atoms with Crippen LogP contribution >= 0.6 is 0 Å². The molecule has 1 aliphatic rings. The summed E-state index contributed by atoms with van der Waals surface area (Å²) in [6, 6.07) is 5.82. The van der Waals surface area contributed by atoms with Gasteiger partial charge in [0.25, 0.3) is 0 Å². The molecule has 6 heteroatoms. The first-order valence-electron chi connectivity index (χ1n) is 8.83. The van der Waals surface area contributed by atoms with E-state index in [9.17, 15) is 14.0 Å². The van der Waals surface area contributed by atoms with Crippen molar-refractivity contribution in [2.45, 2.75) is 26.3 Å². The van der Waals surface area contributed by atoms with Gasteiger partial charge in [-0.1, -0.05) is 12.1 Å². The summed E-state index contributed by atoms with van der Waals surface area (Å²) in [5.74, 6) is -0.683. The first-order valence-corrected chi connectivity index (χ1v) is 8.83. The van der Waals surface area contributed by atoms with Crippen LogP contribution in [-0.4, -0.2) is 30.4 Å². The Labute approximate surface area is 151 Å². The monoisotopic (exact) mass is 359 g/mol. The van der Waals surface area contributed by atoms with Gasteiger partial charge in [0, 0.05) is 37.7 Å². The highest BCUT2D eigenvalue weighted by atomic mass is 19.1. The van der Waals surface area contributed by atoms with E-state index in [-0.39, 0.29) is 12.2 Å². The maximum absolute atomic E-state index is 13.6. The summed E-state index contributed by atoms with van der Waals surface area (Å²) < 4.78 is 25.9. The molecule has 5 nitrogen and oxygen atoms in total. The van der Waals surface area contributed by atoms with Crippen LogP contribution in [0.2, 0.25) is 0 Å². The van der Waals surface area contributed by atoms with Gasteiger partial charge in [0.15, 0.2) is 0 Å². The van der Waals surface area contributed by atoms with E-state index < -0.39 is 17.2 Å². The third-order valence-electron chi connectivity index (χ3n) is 4.52. The van der Waals surface area contributed by atoms with E-state index in [1.807, 2.05) is 4.57 Å². The molecule has 0 bridgehead atoms. The van der Waals surface area contributed by atoms with Crippen LogP contribution in [0.3, 0.4) is 0 Å². The zero-order valence-corrected chi connectivity index (χ0v) is 14.7. The summed E-state index contributed by atoms with van der Waals surface area (Å²) in [6.45, 7) is 3.97. The number of hydrogen-bond acceptors (Lipinski definition) is 4. The fourth-order valence-electron chi connectivity index (χ4n) is 3.18. The van der Waals surface area contributed by atoms with Crippen LogP contribution in [0.5, 0.6) is 0 Å². The molecule has 1 fully saturated rings. The van der Waals surface area contributed by atoms with E-state index in [1.165, 1.54) is 12.1 Å². The summed E-state index contributed by atoms with van der Waals surface area (Å²) in [6.07, 6.45) is 5.08. The predicted octanol–water partition coefficient (Wildman–Crippen LogP) is 3.26. The van der Waals surface area contributed by atoms with Gasteiger partial charge in [0.05, 0.1) is 6.61 Å². The van der Waals surface area contributed by atoms with Crippen molar-refractivity contribution in [3.8, 4) is 11.1 Å². The molecule has 2 heterocycles. The molecule has 2 aromatic rings. The molecule has 1 aliphatic heterocycles. The maximum Gasteiger partial charge on any atom is 0.343 e. The van der Waals surface area contributed by atoms with Crippen molar-refractivity contribution in [1.82, 2.24) is 4.57 Å². The third-order valence-corrected chi connectivity index (χ3v) is 4.52. The van der Waals surface area contributed by atoms with E-state index in [0.717, 1.165) is 12.8 Å². The highest BCUT2D eigenvalue weighted by Crippen LogP contribution is 2.21. The maximum atomic E-state index is 13.6. The SMILES string of the molecule is CCOC(=O)c1cn(CC2CCOCC2)cc(-c2cccc(F)c2)c1=O. The number of pyridine rings is 1. The van der Waals surface area contributed by atoms with E-state index in [1.54, 1.807) is 31.5 Å². The van der Waals surface area contributed by atoms with Crippen molar-refractivity contribution in [3.05, 3.63) is 58.3 Å². The fraction of sp³-hybridized carbons (Fsp3) is 0.400. The second-order valence-corrected chi connectivity index (χ2v) is 6.40. The Morgan fingerprint density at radius 1 is 1.31 bits per heavy atom. The number of halogens is 1. The van der Waals surface area contributed by atoms with Gasteiger partial charge in [-0.05, 0) is 43.4 Å². The van der Waals surface area contributed by atoms with Crippen molar-refractivity contribution in [3.63, 3.8) is 0 Å². The first-order chi connectivity index (χ1) is 12.6. The average molecular weight is 359 g/mol. The third kappa shape index (κ3) is 4.19. The summed E-state index contributed by atoms with van der Waals surface area (Å²) in [7, 11) is 0. The number of benzene rings is 1. The molecule has 26 heavy (non-hydrogen) atoms. The number of rotatable bonds is 5.